The molecule has 0 aliphatic carbocycles. The van der Waals surface area contributed by atoms with Crippen molar-refractivity contribution >= 4 is 45.3 Å². The molecular weight excluding hydrogens is 453 g/mol. The zero-order chi connectivity index (χ0) is 21.9. The highest BCUT2D eigenvalue weighted by molar-refractivity contribution is 7.89. The number of carbonyl (C=O) groups excluding carboxylic acids is 1. The Morgan fingerprint density at radius 1 is 1.30 bits per heavy atom. The molecule has 0 spiro atoms. The van der Waals surface area contributed by atoms with Gasteiger partial charge in [-0.25, -0.2) is 13.8 Å². The van der Waals surface area contributed by atoms with E-state index in [1.54, 1.807) is 0 Å². The van der Waals surface area contributed by atoms with Gasteiger partial charge in [0.25, 0.3) is 5.91 Å². The Kier molecular flexibility index (Phi) is 6.87. The number of hydrazone groups is 1. The van der Waals surface area contributed by atoms with Gasteiger partial charge >= 0.3 is 0 Å². The van der Waals surface area contributed by atoms with Crippen molar-refractivity contribution in [2.75, 3.05) is 13.7 Å². The van der Waals surface area contributed by atoms with E-state index >= 15 is 0 Å². The van der Waals surface area contributed by atoms with Gasteiger partial charge < -0.3 is 9.84 Å². The molecule has 2 aromatic rings. The number of carbonyl (C=O) groups is 1. The maximum Gasteiger partial charge on any atom is 0.258 e. The number of benzene rings is 2. The van der Waals surface area contributed by atoms with Crippen molar-refractivity contribution in [3.05, 3.63) is 52.0 Å². The summed E-state index contributed by atoms with van der Waals surface area (Å²) in [5.41, 5.74) is 2.84. The van der Waals surface area contributed by atoms with Gasteiger partial charge in [0.05, 0.1) is 23.2 Å². The van der Waals surface area contributed by atoms with E-state index in [-0.39, 0.29) is 28.0 Å². The molecule has 0 saturated carbocycles. The lowest BCUT2D eigenvalue weighted by atomic mass is 10.2. The van der Waals surface area contributed by atoms with E-state index in [1.165, 1.54) is 54.0 Å². The van der Waals surface area contributed by atoms with Crippen LogP contribution in [0.2, 0.25) is 10.0 Å². The first kappa shape index (κ1) is 22.4. The van der Waals surface area contributed by atoms with Gasteiger partial charge in [-0.05, 0) is 54.8 Å². The smallest absolute Gasteiger partial charge is 0.258 e. The molecule has 0 aromatic heterocycles. The highest BCUT2D eigenvalue weighted by Gasteiger charge is 2.39. The fraction of sp³-hybridized carbons (Fsp3) is 0.263. The summed E-state index contributed by atoms with van der Waals surface area (Å²) in [6.07, 6.45) is 2.26. The second kappa shape index (κ2) is 9.22. The average Bonchev–Trinajstić information content (AvgIpc) is 3.21. The molecule has 1 heterocycles. The Bertz CT molecular complexity index is 1070. The monoisotopic (exact) mass is 471 g/mol. The third kappa shape index (κ3) is 4.70. The molecule has 1 amide bonds. The SMILES string of the molecule is COc1cc(/C=N\NC(=O)[C@H]2CCCN2S(=O)(=O)c2ccc(Cl)cc2)cc(Cl)c1O. The first-order valence-electron chi connectivity index (χ1n) is 8.91. The average molecular weight is 472 g/mol. The molecule has 2 N–H and O–H groups in total. The zero-order valence-electron chi connectivity index (χ0n) is 15.9. The molecule has 30 heavy (non-hydrogen) atoms. The number of sulfonamides is 1. The molecule has 0 unspecified atom stereocenters. The summed E-state index contributed by atoms with van der Waals surface area (Å²) in [6.45, 7) is 0.234. The van der Waals surface area contributed by atoms with Crippen molar-refractivity contribution in [3.8, 4) is 11.5 Å². The van der Waals surface area contributed by atoms with Crippen LogP contribution in [-0.4, -0.2) is 49.6 Å². The number of halogens is 2. The number of hydrogen-bond donors (Lipinski definition) is 2. The number of ether oxygens (including phenoxy) is 1. The highest BCUT2D eigenvalue weighted by Crippen LogP contribution is 2.34. The maximum atomic E-state index is 12.9. The number of amides is 1. The quantitative estimate of drug-likeness (QED) is 0.497. The van der Waals surface area contributed by atoms with Crippen molar-refractivity contribution in [2.24, 2.45) is 5.10 Å². The van der Waals surface area contributed by atoms with Gasteiger partial charge in [-0.15, -0.1) is 0 Å². The van der Waals surface area contributed by atoms with E-state index in [2.05, 4.69) is 10.5 Å². The number of aromatic hydroxyl groups is 1. The lowest BCUT2D eigenvalue weighted by molar-refractivity contribution is -0.124. The van der Waals surface area contributed by atoms with Crippen LogP contribution < -0.4 is 10.2 Å². The lowest BCUT2D eigenvalue weighted by Gasteiger charge is -2.22. The normalized spacial score (nSPS) is 17.4. The third-order valence-electron chi connectivity index (χ3n) is 4.59. The Morgan fingerprint density at radius 2 is 2.00 bits per heavy atom. The van der Waals surface area contributed by atoms with Crippen molar-refractivity contribution in [1.82, 2.24) is 9.73 Å². The minimum atomic E-state index is -3.85. The van der Waals surface area contributed by atoms with Crippen LogP contribution in [0.1, 0.15) is 18.4 Å². The molecule has 1 aliphatic rings. The van der Waals surface area contributed by atoms with Gasteiger partial charge in [0.2, 0.25) is 10.0 Å². The highest BCUT2D eigenvalue weighted by atomic mass is 35.5. The third-order valence-corrected chi connectivity index (χ3v) is 7.05. The summed E-state index contributed by atoms with van der Waals surface area (Å²) < 4.78 is 32.0. The summed E-state index contributed by atoms with van der Waals surface area (Å²) >= 11 is 11.7. The largest absolute Gasteiger partial charge is 0.503 e. The van der Waals surface area contributed by atoms with Crippen LogP contribution in [0.5, 0.6) is 11.5 Å². The minimum Gasteiger partial charge on any atom is -0.503 e. The molecule has 1 atom stereocenters. The Morgan fingerprint density at radius 3 is 2.67 bits per heavy atom. The number of hydrogen-bond acceptors (Lipinski definition) is 6. The lowest BCUT2D eigenvalue weighted by Crippen LogP contribution is -2.44. The molecule has 1 saturated heterocycles. The van der Waals surface area contributed by atoms with E-state index in [4.69, 9.17) is 27.9 Å². The van der Waals surface area contributed by atoms with Crippen LogP contribution in [0.25, 0.3) is 0 Å². The molecule has 0 radical (unpaired) electrons. The van der Waals surface area contributed by atoms with Crippen LogP contribution in [-0.2, 0) is 14.8 Å². The van der Waals surface area contributed by atoms with Crippen LogP contribution >= 0.6 is 23.2 Å². The molecule has 8 nitrogen and oxygen atoms in total. The van der Waals surface area contributed by atoms with Crippen molar-refractivity contribution in [3.63, 3.8) is 0 Å². The summed E-state index contributed by atoms with van der Waals surface area (Å²) in [5, 5.41) is 14.1. The Labute approximate surface area is 184 Å². The molecule has 0 bridgehead atoms. The van der Waals surface area contributed by atoms with Crippen LogP contribution in [0, 0.1) is 0 Å². The Hall–Kier alpha value is -2.33. The fourth-order valence-electron chi connectivity index (χ4n) is 3.10. The molecule has 160 valence electrons. The topological polar surface area (TPSA) is 108 Å². The molecule has 11 heteroatoms. The second-order valence-corrected chi connectivity index (χ2v) is 9.25. The molecule has 1 fully saturated rings. The first-order valence-corrected chi connectivity index (χ1v) is 11.1. The van der Waals surface area contributed by atoms with Gasteiger partial charge in [-0.2, -0.15) is 9.41 Å². The van der Waals surface area contributed by atoms with Crippen LogP contribution in [0.4, 0.5) is 0 Å². The predicted octanol–water partition coefficient (Wildman–Crippen LogP) is 3.01. The summed E-state index contributed by atoms with van der Waals surface area (Å²) in [6, 6.07) is 7.85. The predicted molar refractivity (Wildman–Crippen MR) is 114 cm³/mol. The number of methoxy groups -OCH3 is 1. The summed E-state index contributed by atoms with van der Waals surface area (Å²) in [4.78, 5) is 12.6. The second-order valence-electron chi connectivity index (χ2n) is 6.52. The van der Waals surface area contributed by atoms with Gasteiger partial charge in [0.15, 0.2) is 11.5 Å². The summed E-state index contributed by atoms with van der Waals surface area (Å²) in [7, 11) is -2.47. The van der Waals surface area contributed by atoms with Crippen LogP contribution in [0.15, 0.2) is 46.4 Å². The molecule has 2 aromatic carbocycles. The van der Waals surface area contributed by atoms with Crippen molar-refractivity contribution < 1.29 is 23.1 Å². The number of phenolic OH excluding ortho intramolecular Hbond substituents is 1. The zero-order valence-corrected chi connectivity index (χ0v) is 18.2. The Balaban J connectivity index is 1.73. The molecule has 1 aliphatic heterocycles. The molecule has 3 rings (SSSR count). The minimum absolute atomic E-state index is 0.0677. The number of phenols is 1. The standard InChI is InChI=1S/C19H19Cl2N3O5S/c1-29-17-10-12(9-15(21)18(17)25)11-22-23-19(26)16-3-2-8-24(16)30(27,28)14-6-4-13(20)5-7-14/h4-7,9-11,16,25H,2-3,8H2,1H3,(H,23,26)/b22-11-/t16-/m1/s1. The fourth-order valence-corrected chi connectivity index (χ4v) is 5.10. The maximum absolute atomic E-state index is 12.9. The number of rotatable bonds is 6. The van der Waals surface area contributed by atoms with Crippen molar-refractivity contribution in [1.29, 1.82) is 0 Å². The van der Waals surface area contributed by atoms with Gasteiger partial charge in [0, 0.05) is 11.6 Å². The van der Waals surface area contributed by atoms with E-state index < -0.39 is 22.0 Å². The van der Waals surface area contributed by atoms with Gasteiger partial charge in [-0.1, -0.05) is 23.2 Å². The number of nitrogens with one attached hydrogen (secondary N) is 1. The van der Waals surface area contributed by atoms with Gasteiger partial charge in [0.1, 0.15) is 6.04 Å². The van der Waals surface area contributed by atoms with E-state index in [1.807, 2.05) is 0 Å². The van der Waals surface area contributed by atoms with E-state index in [9.17, 15) is 18.3 Å². The first-order chi connectivity index (χ1) is 14.2. The van der Waals surface area contributed by atoms with E-state index in [0.29, 0.717) is 23.4 Å². The number of nitrogens with zero attached hydrogens (tertiary/aromatic N) is 2. The molecular formula is C19H19Cl2N3O5S. The summed E-state index contributed by atoms with van der Waals surface area (Å²) in [5.74, 6) is -0.584. The van der Waals surface area contributed by atoms with E-state index in [0.717, 1.165) is 0 Å². The van der Waals surface area contributed by atoms with Crippen molar-refractivity contribution in [2.45, 2.75) is 23.8 Å². The van der Waals surface area contributed by atoms with Gasteiger partial charge in [-0.3, -0.25) is 4.79 Å². The van der Waals surface area contributed by atoms with Crippen LogP contribution in [0.3, 0.4) is 0 Å².